The van der Waals surface area contributed by atoms with Gasteiger partial charge in [0, 0.05) is 31.9 Å². The second kappa shape index (κ2) is 8.23. The minimum atomic E-state index is -0.932. The van der Waals surface area contributed by atoms with E-state index in [1.807, 2.05) is 24.3 Å². The average Bonchev–Trinajstić information content (AvgIpc) is 2.54. The second-order valence-corrected chi connectivity index (χ2v) is 5.02. The second-order valence-electron chi connectivity index (χ2n) is 5.02. The standard InChI is InChI=1S/C15H21N3O4/c19-14(20)4-5-16-15(21)17-11-12-2-1-3-13(10-12)18-6-8-22-9-7-18/h1-3,10H,4-9,11H2,(H,19,20)(H2,16,17,21). The first kappa shape index (κ1) is 16.1. The third-order valence-corrected chi connectivity index (χ3v) is 3.36. The number of nitrogens with one attached hydrogen (secondary N) is 2. The smallest absolute Gasteiger partial charge is 0.315 e. The van der Waals surface area contributed by atoms with Gasteiger partial charge in [-0.1, -0.05) is 12.1 Å². The number of carbonyl (C=O) groups is 2. The number of rotatable bonds is 6. The van der Waals surface area contributed by atoms with Gasteiger partial charge in [-0.15, -0.1) is 0 Å². The normalized spacial score (nSPS) is 14.5. The molecular formula is C15H21N3O4. The molecule has 1 aliphatic rings. The van der Waals surface area contributed by atoms with Crippen LogP contribution in [0.1, 0.15) is 12.0 Å². The molecule has 0 radical (unpaired) electrons. The number of anilines is 1. The number of morpholine rings is 1. The van der Waals surface area contributed by atoms with Gasteiger partial charge in [0.2, 0.25) is 0 Å². The van der Waals surface area contributed by atoms with Crippen LogP contribution in [0.5, 0.6) is 0 Å². The van der Waals surface area contributed by atoms with Crippen molar-refractivity contribution in [2.45, 2.75) is 13.0 Å². The largest absolute Gasteiger partial charge is 0.481 e. The quantitative estimate of drug-likeness (QED) is 0.723. The number of carbonyl (C=O) groups excluding carboxylic acids is 1. The molecule has 120 valence electrons. The zero-order valence-electron chi connectivity index (χ0n) is 12.4. The van der Waals surface area contributed by atoms with Crippen LogP contribution in [-0.4, -0.2) is 50.0 Å². The predicted octanol–water partition coefficient (Wildman–Crippen LogP) is 0.797. The van der Waals surface area contributed by atoms with Crippen molar-refractivity contribution in [2.75, 3.05) is 37.7 Å². The third-order valence-electron chi connectivity index (χ3n) is 3.36. The van der Waals surface area contributed by atoms with Gasteiger partial charge in [0.05, 0.1) is 19.6 Å². The molecule has 1 aliphatic heterocycles. The molecule has 1 aromatic carbocycles. The predicted molar refractivity (Wildman–Crippen MR) is 82.0 cm³/mol. The van der Waals surface area contributed by atoms with Gasteiger partial charge in [0.25, 0.3) is 0 Å². The molecule has 1 aromatic rings. The van der Waals surface area contributed by atoms with Gasteiger partial charge in [-0.25, -0.2) is 4.79 Å². The first-order chi connectivity index (χ1) is 10.6. The van der Waals surface area contributed by atoms with Crippen molar-refractivity contribution in [1.82, 2.24) is 10.6 Å². The van der Waals surface area contributed by atoms with E-state index in [0.717, 1.165) is 37.6 Å². The molecular weight excluding hydrogens is 286 g/mol. The lowest BCUT2D eigenvalue weighted by Crippen LogP contribution is -2.37. The summed E-state index contributed by atoms with van der Waals surface area (Å²) in [6, 6.07) is 7.63. The Morgan fingerprint density at radius 1 is 1.23 bits per heavy atom. The van der Waals surface area contributed by atoms with Crippen LogP contribution >= 0.6 is 0 Å². The van der Waals surface area contributed by atoms with Gasteiger partial charge in [0.1, 0.15) is 0 Å². The molecule has 7 heteroatoms. The molecule has 1 fully saturated rings. The monoisotopic (exact) mass is 307 g/mol. The van der Waals surface area contributed by atoms with Gasteiger partial charge in [-0.2, -0.15) is 0 Å². The highest BCUT2D eigenvalue weighted by atomic mass is 16.5. The summed E-state index contributed by atoms with van der Waals surface area (Å²) in [5, 5.41) is 13.7. The Balaban J connectivity index is 1.80. The van der Waals surface area contributed by atoms with Crippen LogP contribution in [0.3, 0.4) is 0 Å². The van der Waals surface area contributed by atoms with E-state index in [1.165, 1.54) is 0 Å². The maximum Gasteiger partial charge on any atom is 0.315 e. The fraction of sp³-hybridized carbons (Fsp3) is 0.467. The molecule has 3 N–H and O–H groups in total. The number of ether oxygens (including phenoxy) is 1. The molecule has 1 heterocycles. The Hall–Kier alpha value is -2.28. The van der Waals surface area contributed by atoms with E-state index in [0.29, 0.717) is 6.54 Å². The molecule has 7 nitrogen and oxygen atoms in total. The maximum absolute atomic E-state index is 11.5. The Labute approximate surface area is 129 Å². The van der Waals surface area contributed by atoms with Gasteiger partial charge in [0.15, 0.2) is 0 Å². The lowest BCUT2D eigenvalue weighted by molar-refractivity contribution is -0.136. The highest BCUT2D eigenvalue weighted by Gasteiger charge is 2.11. The summed E-state index contributed by atoms with van der Waals surface area (Å²) < 4.78 is 5.34. The minimum Gasteiger partial charge on any atom is -0.481 e. The number of aliphatic carboxylic acids is 1. The number of amides is 2. The van der Waals surface area contributed by atoms with E-state index >= 15 is 0 Å². The number of nitrogens with zero attached hydrogens (tertiary/aromatic N) is 1. The maximum atomic E-state index is 11.5. The highest BCUT2D eigenvalue weighted by molar-refractivity contribution is 5.75. The minimum absolute atomic E-state index is 0.0834. The van der Waals surface area contributed by atoms with E-state index in [4.69, 9.17) is 9.84 Å². The van der Waals surface area contributed by atoms with E-state index in [2.05, 4.69) is 15.5 Å². The number of hydrogen-bond acceptors (Lipinski definition) is 4. The van der Waals surface area contributed by atoms with Crippen LogP contribution in [0, 0.1) is 0 Å². The summed E-state index contributed by atoms with van der Waals surface area (Å²) in [6.45, 7) is 3.72. The van der Waals surface area contributed by atoms with E-state index < -0.39 is 5.97 Å². The third kappa shape index (κ3) is 5.25. The van der Waals surface area contributed by atoms with Crippen LogP contribution < -0.4 is 15.5 Å². The summed E-state index contributed by atoms with van der Waals surface area (Å²) in [5.74, 6) is -0.932. The van der Waals surface area contributed by atoms with Crippen molar-refractivity contribution in [3.63, 3.8) is 0 Å². The summed E-state index contributed by atoms with van der Waals surface area (Å²) >= 11 is 0. The van der Waals surface area contributed by atoms with Crippen LogP contribution in [0.2, 0.25) is 0 Å². The van der Waals surface area contributed by atoms with Gasteiger partial charge >= 0.3 is 12.0 Å². The molecule has 2 amide bonds. The highest BCUT2D eigenvalue weighted by Crippen LogP contribution is 2.17. The zero-order chi connectivity index (χ0) is 15.8. The van der Waals surface area contributed by atoms with Gasteiger partial charge in [-0.05, 0) is 17.7 Å². The molecule has 2 rings (SSSR count). The number of urea groups is 1. The van der Waals surface area contributed by atoms with Crippen molar-refractivity contribution in [3.8, 4) is 0 Å². The first-order valence-corrected chi connectivity index (χ1v) is 7.30. The van der Waals surface area contributed by atoms with Crippen molar-refractivity contribution in [3.05, 3.63) is 29.8 Å². The zero-order valence-corrected chi connectivity index (χ0v) is 12.4. The summed E-state index contributed by atoms with van der Waals surface area (Å²) in [6.07, 6.45) is -0.0834. The summed E-state index contributed by atoms with van der Waals surface area (Å²) in [5.41, 5.74) is 2.12. The molecule has 0 aliphatic carbocycles. The first-order valence-electron chi connectivity index (χ1n) is 7.30. The molecule has 0 bridgehead atoms. The lowest BCUT2D eigenvalue weighted by Gasteiger charge is -2.29. The van der Waals surface area contributed by atoms with Crippen LogP contribution in [0.4, 0.5) is 10.5 Å². The number of benzene rings is 1. The van der Waals surface area contributed by atoms with Crippen molar-refractivity contribution in [2.24, 2.45) is 0 Å². The van der Waals surface area contributed by atoms with Crippen molar-refractivity contribution in [1.29, 1.82) is 0 Å². The lowest BCUT2D eigenvalue weighted by atomic mass is 10.2. The summed E-state index contributed by atoms with van der Waals surface area (Å²) in [7, 11) is 0. The Morgan fingerprint density at radius 3 is 2.73 bits per heavy atom. The number of hydrogen-bond donors (Lipinski definition) is 3. The molecule has 0 atom stereocenters. The van der Waals surface area contributed by atoms with E-state index in [9.17, 15) is 9.59 Å². The molecule has 0 aromatic heterocycles. The van der Waals surface area contributed by atoms with E-state index in [-0.39, 0.29) is 19.0 Å². The van der Waals surface area contributed by atoms with Crippen LogP contribution in [0.25, 0.3) is 0 Å². The number of carboxylic acids is 1. The summed E-state index contributed by atoms with van der Waals surface area (Å²) in [4.78, 5) is 24.2. The fourth-order valence-electron chi connectivity index (χ4n) is 2.21. The average molecular weight is 307 g/mol. The van der Waals surface area contributed by atoms with Crippen molar-refractivity contribution >= 4 is 17.7 Å². The SMILES string of the molecule is O=C(O)CCNC(=O)NCc1cccc(N2CCOCC2)c1. The molecule has 22 heavy (non-hydrogen) atoms. The van der Waals surface area contributed by atoms with E-state index in [1.54, 1.807) is 0 Å². The molecule has 0 spiro atoms. The Morgan fingerprint density at radius 2 is 2.00 bits per heavy atom. The van der Waals surface area contributed by atoms with Crippen LogP contribution in [-0.2, 0) is 16.1 Å². The fourth-order valence-corrected chi connectivity index (χ4v) is 2.21. The van der Waals surface area contributed by atoms with Gasteiger partial charge < -0.3 is 25.4 Å². The Kier molecular flexibility index (Phi) is 6.02. The molecule has 0 unspecified atom stereocenters. The Bertz CT molecular complexity index is 515. The molecule has 1 saturated heterocycles. The van der Waals surface area contributed by atoms with Crippen LogP contribution in [0.15, 0.2) is 24.3 Å². The molecule has 0 saturated carbocycles. The number of carboxylic acid groups (broad SMARTS) is 1. The van der Waals surface area contributed by atoms with Crippen molar-refractivity contribution < 1.29 is 19.4 Å². The van der Waals surface area contributed by atoms with Gasteiger partial charge in [-0.3, -0.25) is 4.79 Å². The topological polar surface area (TPSA) is 90.9 Å².